The number of nitrogens with zero attached hydrogens (tertiary/aromatic N) is 1. The number of fused-ring (bicyclic) bond motifs is 1. The average Bonchev–Trinajstić information content (AvgIpc) is 2.57. The molecule has 0 amide bonds. The first-order chi connectivity index (χ1) is 7.82. The predicted molar refractivity (Wildman–Crippen MR) is 56.2 cm³/mol. The summed E-state index contributed by atoms with van der Waals surface area (Å²) >= 11 is 0. The van der Waals surface area contributed by atoms with Crippen molar-refractivity contribution in [1.82, 2.24) is 4.57 Å². The van der Waals surface area contributed by atoms with Gasteiger partial charge in [-0.2, -0.15) is 0 Å². The van der Waals surface area contributed by atoms with E-state index in [1.165, 1.54) is 12.1 Å². The second-order valence-electron chi connectivity index (χ2n) is 3.46. The van der Waals surface area contributed by atoms with Crippen LogP contribution in [0, 0.1) is 5.82 Å². The van der Waals surface area contributed by atoms with E-state index in [0.29, 0.717) is 4.57 Å². The molecule has 90 valence electrons. The van der Waals surface area contributed by atoms with Crippen molar-refractivity contribution in [2.45, 2.75) is 11.9 Å². The fourth-order valence-corrected chi connectivity index (χ4v) is 2.39. The molecule has 0 saturated heterocycles. The van der Waals surface area contributed by atoms with Gasteiger partial charge >= 0.3 is 29.6 Å². The molecular weight excluding hydrogens is 272 g/mol. The first-order valence-corrected chi connectivity index (χ1v) is 6.00. The number of rotatable bonds is 1. The van der Waals surface area contributed by atoms with E-state index < -0.39 is 26.9 Å². The molecule has 2 rings (SSSR count). The Morgan fingerprint density at radius 3 is 2.50 bits per heavy atom. The minimum Gasteiger partial charge on any atom is -0.743 e. The molecule has 0 unspecified atom stereocenters. The molecule has 0 atom stereocenters. The molecule has 0 spiro atoms. The van der Waals surface area contributed by atoms with Gasteiger partial charge in [-0.1, -0.05) is 6.07 Å². The quantitative estimate of drug-likeness (QED) is 0.463. The largest absolute Gasteiger partial charge is 1.00 e. The monoisotopic (exact) mass is 279 g/mol. The molecule has 0 aliphatic heterocycles. The SMILES string of the molecule is CC(=O)n1c(S(=O)(=O)[O-])cc2c(F)cccc21.[Na+]. The summed E-state index contributed by atoms with van der Waals surface area (Å²) in [5.74, 6) is -1.35. The number of aromatic nitrogens is 1. The summed E-state index contributed by atoms with van der Waals surface area (Å²) < 4.78 is 47.1. The fourth-order valence-electron chi connectivity index (χ4n) is 1.68. The van der Waals surface area contributed by atoms with Gasteiger partial charge in [-0.3, -0.25) is 9.36 Å². The predicted octanol–water partition coefficient (Wildman–Crippen LogP) is -1.65. The number of benzene rings is 1. The Balaban J connectivity index is 0.00000162. The van der Waals surface area contributed by atoms with E-state index in [0.717, 1.165) is 19.1 Å². The molecule has 18 heavy (non-hydrogen) atoms. The second-order valence-corrected chi connectivity index (χ2v) is 4.79. The van der Waals surface area contributed by atoms with Gasteiger partial charge in [-0.25, -0.2) is 12.8 Å². The van der Waals surface area contributed by atoms with Crippen LogP contribution in [0.4, 0.5) is 4.39 Å². The van der Waals surface area contributed by atoms with Crippen LogP contribution >= 0.6 is 0 Å². The van der Waals surface area contributed by atoms with E-state index in [9.17, 15) is 22.2 Å². The Labute approximate surface area is 125 Å². The number of carbonyl (C=O) groups excluding carboxylic acids is 1. The Hall–Kier alpha value is -0.730. The van der Waals surface area contributed by atoms with Crippen molar-refractivity contribution < 1.29 is 51.7 Å². The third kappa shape index (κ3) is 2.50. The second kappa shape index (κ2) is 5.10. The standard InChI is InChI=1S/C10H8FNO4S.Na/c1-6(13)12-9-4-2-3-8(11)7(9)5-10(12)17(14,15)16;/h2-5H,1H3,(H,14,15,16);/q;+1/p-1. The molecule has 0 aliphatic rings. The zero-order chi connectivity index (χ0) is 12.8. The summed E-state index contributed by atoms with van der Waals surface area (Å²) in [5.41, 5.74) is 0.0620. The van der Waals surface area contributed by atoms with Gasteiger partial charge in [0, 0.05) is 12.3 Å². The van der Waals surface area contributed by atoms with Crippen LogP contribution in [0.1, 0.15) is 11.7 Å². The molecular formula is C10H7FNNaO4S. The number of hydrogen-bond donors (Lipinski definition) is 0. The Morgan fingerprint density at radius 1 is 1.39 bits per heavy atom. The molecule has 0 aliphatic carbocycles. The van der Waals surface area contributed by atoms with Gasteiger partial charge in [0.1, 0.15) is 21.0 Å². The van der Waals surface area contributed by atoms with Crippen molar-refractivity contribution in [3.8, 4) is 0 Å². The van der Waals surface area contributed by atoms with Crippen LogP contribution in [-0.2, 0) is 10.1 Å². The van der Waals surface area contributed by atoms with Gasteiger partial charge in [0.15, 0.2) is 0 Å². The molecule has 2 aromatic rings. The zero-order valence-corrected chi connectivity index (χ0v) is 12.5. The van der Waals surface area contributed by atoms with E-state index in [1.807, 2.05) is 0 Å². The summed E-state index contributed by atoms with van der Waals surface area (Å²) in [6.07, 6.45) is 0. The minimum atomic E-state index is -4.83. The molecule has 0 radical (unpaired) electrons. The normalized spacial score (nSPS) is 11.3. The zero-order valence-electron chi connectivity index (χ0n) is 9.68. The van der Waals surface area contributed by atoms with Crippen molar-refractivity contribution in [2.75, 3.05) is 0 Å². The van der Waals surface area contributed by atoms with Crippen molar-refractivity contribution in [3.05, 3.63) is 30.1 Å². The van der Waals surface area contributed by atoms with Gasteiger partial charge in [0.25, 0.3) is 0 Å². The van der Waals surface area contributed by atoms with Crippen LogP contribution < -0.4 is 29.6 Å². The first kappa shape index (κ1) is 15.3. The van der Waals surface area contributed by atoms with Gasteiger partial charge in [-0.15, -0.1) is 0 Å². The van der Waals surface area contributed by atoms with E-state index in [-0.39, 0.29) is 40.5 Å². The average molecular weight is 279 g/mol. The van der Waals surface area contributed by atoms with E-state index in [1.54, 1.807) is 0 Å². The van der Waals surface area contributed by atoms with Gasteiger partial charge in [0.05, 0.1) is 5.52 Å². The first-order valence-electron chi connectivity index (χ1n) is 4.59. The Kier molecular flexibility index (Phi) is 4.34. The summed E-state index contributed by atoms with van der Waals surface area (Å²) in [6.45, 7) is 1.10. The van der Waals surface area contributed by atoms with Crippen LogP contribution in [0.25, 0.3) is 10.9 Å². The Morgan fingerprint density at radius 2 is 2.00 bits per heavy atom. The summed E-state index contributed by atoms with van der Waals surface area (Å²) in [6, 6.07) is 4.69. The molecule has 1 aromatic carbocycles. The summed E-state index contributed by atoms with van der Waals surface area (Å²) in [4.78, 5) is 11.3. The van der Waals surface area contributed by atoms with Gasteiger partial charge in [0.2, 0.25) is 5.91 Å². The van der Waals surface area contributed by atoms with E-state index >= 15 is 0 Å². The van der Waals surface area contributed by atoms with Crippen LogP contribution in [0.5, 0.6) is 0 Å². The number of halogens is 1. The van der Waals surface area contributed by atoms with Crippen molar-refractivity contribution in [1.29, 1.82) is 0 Å². The molecule has 1 aromatic heterocycles. The van der Waals surface area contributed by atoms with E-state index in [4.69, 9.17) is 0 Å². The summed E-state index contributed by atoms with van der Waals surface area (Å²) in [7, 11) is -4.83. The maximum absolute atomic E-state index is 13.4. The molecule has 5 nitrogen and oxygen atoms in total. The minimum absolute atomic E-state index is 0. The molecule has 0 bridgehead atoms. The van der Waals surface area contributed by atoms with Crippen LogP contribution in [-0.4, -0.2) is 23.4 Å². The molecule has 8 heteroatoms. The molecule has 1 heterocycles. The van der Waals surface area contributed by atoms with Gasteiger partial charge in [-0.05, 0) is 18.2 Å². The fraction of sp³-hybridized carbons (Fsp3) is 0.100. The number of hydrogen-bond acceptors (Lipinski definition) is 4. The maximum atomic E-state index is 13.4. The van der Waals surface area contributed by atoms with Crippen molar-refractivity contribution in [2.24, 2.45) is 0 Å². The maximum Gasteiger partial charge on any atom is 1.00 e. The smallest absolute Gasteiger partial charge is 0.743 e. The van der Waals surface area contributed by atoms with Gasteiger partial charge < -0.3 is 4.55 Å². The van der Waals surface area contributed by atoms with Crippen LogP contribution in [0.15, 0.2) is 29.3 Å². The molecule has 0 N–H and O–H groups in total. The van der Waals surface area contributed by atoms with Crippen LogP contribution in [0.3, 0.4) is 0 Å². The number of carbonyl (C=O) groups is 1. The summed E-state index contributed by atoms with van der Waals surface area (Å²) in [5, 5.41) is -0.817. The van der Waals surface area contributed by atoms with Crippen molar-refractivity contribution >= 4 is 26.9 Å². The van der Waals surface area contributed by atoms with Crippen LogP contribution in [0.2, 0.25) is 0 Å². The van der Waals surface area contributed by atoms with E-state index in [2.05, 4.69) is 0 Å². The topological polar surface area (TPSA) is 79.2 Å². The van der Waals surface area contributed by atoms with Crippen molar-refractivity contribution in [3.63, 3.8) is 0 Å². The Bertz CT molecular complexity index is 723. The molecule has 0 fully saturated rings. The third-order valence-corrected chi connectivity index (χ3v) is 3.14. The molecule has 0 saturated carbocycles. The third-order valence-electron chi connectivity index (χ3n) is 2.33.